The molecule has 0 saturated heterocycles. The number of carbonyl (C=O) groups excluding carboxylic acids is 2. The molecule has 2 rings (SSSR count). The van der Waals surface area contributed by atoms with Gasteiger partial charge >= 0.3 is 0 Å². The van der Waals surface area contributed by atoms with Crippen LogP contribution in [0.25, 0.3) is 0 Å². The largest absolute Gasteiger partial charge is 0.314 e. The number of ketones is 1. The molecular formula is C12H15NO2. The van der Waals surface area contributed by atoms with Gasteiger partial charge in [0.05, 0.1) is 12.1 Å². The van der Waals surface area contributed by atoms with Crippen molar-refractivity contribution in [3.63, 3.8) is 0 Å². The first-order chi connectivity index (χ1) is 7.20. The zero-order chi connectivity index (χ0) is 11.4. The van der Waals surface area contributed by atoms with Gasteiger partial charge in [-0.25, -0.2) is 0 Å². The van der Waals surface area contributed by atoms with Crippen molar-refractivity contribution in [3.05, 3.63) is 29.8 Å². The van der Waals surface area contributed by atoms with Crippen molar-refractivity contribution in [1.29, 1.82) is 0 Å². The summed E-state index contributed by atoms with van der Waals surface area (Å²) in [5, 5.41) is 0. The Kier molecular flexibility index (Phi) is 3.61. The fourth-order valence-corrected chi connectivity index (χ4v) is 1.49. The fourth-order valence-electron chi connectivity index (χ4n) is 1.49. The predicted molar refractivity (Wildman–Crippen MR) is 60.1 cm³/mol. The highest BCUT2D eigenvalue weighted by Gasteiger charge is 2.26. The maximum Gasteiger partial charge on any atom is 0.234 e. The Bertz CT molecular complexity index is 385. The first kappa shape index (κ1) is 11.4. The molecule has 0 radical (unpaired) electrons. The number of para-hydroxylation sites is 1. The zero-order valence-electron chi connectivity index (χ0n) is 9.28. The molecule has 15 heavy (non-hydrogen) atoms. The van der Waals surface area contributed by atoms with Crippen LogP contribution < -0.4 is 4.90 Å². The van der Waals surface area contributed by atoms with Gasteiger partial charge in [0, 0.05) is 12.6 Å². The molecule has 0 spiro atoms. The molecule has 1 aromatic carbocycles. The number of fused-ring (bicyclic) bond motifs is 1. The van der Waals surface area contributed by atoms with Crippen LogP contribution in [0.4, 0.5) is 5.69 Å². The van der Waals surface area contributed by atoms with Gasteiger partial charge in [-0.1, -0.05) is 26.0 Å². The van der Waals surface area contributed by atoms with Gasteiger partial charge in [-0.2, -0.15) is 0 Å². The van der Waals surface area contributed by atoms with E-state index in [2.05, 4.69) is 0 Å². The Morgan fingerprint density at radius 1 is 1.13 bits per heavy atom. The number of benzene rings is 1. The lowest BCUT2D eigenvalue weighted by molar-refractivity contribution is -0.117. The first-order valence-electron chi connectivity index (χ1n) is 5.09. The van der Waals surface area contributed by atoms with E-state index in [1.165, 1.54) is 4.90 Å². The van der Waals surface area contributed by atoms with Crippen LogP contribution in [-0.4, -0.2) is 18.7 Å². The van der Waals surface area contributed by atoms with Crippen LogP contribution in [0.1, 0.15) is 30.6 Å². The number of nitrogens with zero attached hydrogens (tertiary/aromatic N) is 1. The van der Waals surface area contributed by atoms with Crippen LogP contribution >= 0.6 is 0 Å². The summed E-state index contributed by atoms with van der Waals surface area (Å²) in [7, 11) is 1.69. The molecule has 1 heterocycles. The van der Waals surface area contributed by atoms with Crippen molar-refractivity contribution < 1.29 is 9.59 Å². The summed E-state index contributed by atoms with van der Waals surface area (Å²) in [6.07, 6.45) is -0.00644. The zero-order valence-corrected chi connectivity index (χ0v) is 9.28. The van der Waals surface area contributed by atoms with E-state index in [1.807, 2.05) is 19.9 Å². The van der Waals surface area contributed by atoms with Gasteiger partial charge in [-0.15, -0.1) is 0 Å². The third-order valence-corrected chi connectivity index (χ3v) is 2.25. The van der Waals surface area contributed by atoms with Crippen LogP contribution in [-0.2, 0) is 4.79 Å². The summed E-state index contributed by atoms with van der Waals surface area (Å²) in [4.78, 5) is 24.2. The van der Waals surface area contributed by atoms with Crippen LogP contribution in [0.3, 0.4) is 0 Å². The normalized spacial score (nSPS) is 14.2. The second-order valence-corrected chi connectivity index (χ2v) is 3.07. The molecular weight excluding hydrogens is 190 g/mol. The molecule has 0 saturated carbocycles. The van der Waals surface area contributed by atoms with Crippen molar-refractivity contribution in [2.24, 2.45) is 0 Å². The fraction of sp³-hybridized carbons (Fsp3) is 0.333. The number of amides is 1. The average Bonchev–Trinajstić information content (AvgIpc) is 2.29. The van der Waals surface area contributed by atoms with Crippen LogP contribution in [0, 0.1) is 0 Å². The standard InChI is InChI=1S/C10H9NO2.C2H6/c1-11-8-5-3-2-4-7(8)9(12)6-10(11)13;1-2/h2-5H,6H2,1H3;1-2H3. The smallest absolute Gasteiger partial charge is 0.234 e. The Hall–Kier alpha value is -1.64. The molecule has 1 aliphatic heterocycles. The Labute approximate surface area is 89.7 Å². The van der Waals surface area contributed by atoms with Gasteiger partial charge < -0.3 is 4.90 Å². The lowest BCUT2D eigenvalue weighted by Gasteiger charge is -2.24. The number of hydrogen-bond acceptors (Lipinski definition) is 2. The van der Waals surface area contributed by atoms with E-state index in [9.17, 15) is 9.59 Å². The second kappa shape index (κ2) is 4.73. The molecule has 0 unspecified atom stereocenters. The molecule has 0 N–H and O–H groups in total. The van der Waals surface area contributed by atoms with E-state index >= 15 is 0 Å². The van der Waals surface area contributed by atoms with E-state index in [4.69, 9.17) is 0 Å². The molecule has 0 aromatic heterocycles. The Morgan fingerprint density at radius 3 is 2.40 bits per heavy atom. The molecule has 0 bridgehead atoms. The molecule has 0 atom stereocenters. The van der Waals surface area contributed by atoms with Gasteiger partial charge in [0.2, 0.25) is 5.91 Å². The maximum atomic E-state index is 11.4. The molecule has 1 aliphatic rings. The number of rotatable bonds is 0. The Balaban J connectivity index is 0.000000531. The summed E-state index contributed by atoms with van der Waals surface area (Å²) in [5.74, 6) is -0.220. The average molecular weight is 205 g/mol. The van der Waals surface area contributed by atoms with E-state index in [-0.39, 0.29) is 18.1 Å². The van der Waals surface area contributed by atoms with Gasteiger partial charge in [-0.3, -0.25) is 9.59 Å². The van der Waals surface area contributed by atoms with Gasteiger partial charge in [0.25, 0.3) is 0 Å². The SMILES string of the molecule is CC.CN1C(=O)CC(=O)c2ccccc21. The maximum absolute atomic E-state index is 11.4. The van der Waals surface area contributed by atoms with Gasteiger partial charge in [-0.05, 0) is 12.1 Å². The highest BCUT2D eigenvalue weighted by molar-refractivity contribution is 6.19. The second-order valence-electron chi connectivity index (χ2n) is 3.07. The molecule has 1 aromatic rings. The van der Waals surface area contributed by atoms with E-state index < -0.39 is 0 Å². The van der Waals surface area contributed by atoms with Crippen LogP contribution in [0.2, 0.25) is 0 Å². The van der Waals surface area contributed by atoms with E-state index in [0.717, 1.165) is 0 Å². The van der Waals surface area contributed by atoms with Crippen LogP contribution in [0.15, 0.2) is 24.3 Å². The minimum absolute atomic E-state index is 0.00644. The molecule has 3 heteroatoms. The third-order valence-electron chi connectivity index (χ3n) is 2.25. The molecule has 1 amide bonds. The van der Waals surface area contributed by atoms with Crippen molar-refractivity contribution >= 4 is 17.4 Å². The third kappa shape index (κ3) is 2.06. The van der Waals surface area contributed by atoms with E-state index in [0.29, 0.717) is 11.3 Å². The minimum Gasteiger partial charge on any atom is -0.314 e. The summed E-state index contributed by atoms with van der Waals surface area (Å²) in [6, 6.07) is 7.16. The van der Waals surface area contributed by atoms with Crippen LogP contribution in [0.5, 0.6) is 0 Å². The highest BCUT2D eigenvalue weighted by Crippen LogP contribution is 2.25. The van der Waals surface area contributed by atoms with Crippen molar-refractivity contribution in [2.75, 3.05) is 11.9 Å². The topological polar surface area (TPSA) is 37.4 Å². The van der Waals surface area contributed by atoms with Crippen molar-refractivity contribution in [1.82, 2.24) is 0 Å². The van der Waals surface area contributed by atoms with Gasteiger partial charge in [0.1, 0.15) is 0 Å². The van der Waals surface area contributed by atoms with Crippen molar-refractivity contribution in [3.8, 4) is 0 Å². The molecule has 0 fully saturated rings. The van der Waals surface area contributed by atoms with E-state index in [1.54, 1.807) is 25.2 Å². The number of carbonyl (C=O) groups is 2. The number of anilines is 1. The number of hydrogen-bond donors (Lipinski definition) is 0. The quantitative estimate of drug-likeness (QED) is 0.609. The lowest BCUT2D eigenvalue weighted by atomic mass is 10.0. The molecule has 0 aliphatic carbocycles. The molecule has 80 valence electrons. The Morgan fingerprint density at radius 2 is 1.73 bits per heavy atom. The van der Waals surface area contributed by atoms with Gasteiger partial charge in [0.15, 0.2) is 5.78 Å². The summed E-state index contributed by atoms with van der Waals surface area (Å²) < 4.78 is 0. The van der Waals surface area contributed by atoms with Crippen molar-refractivity contribution in [2.45, 2.75) is 20.3 Å². The summed E-state index contributed by atoms with van der Waals surface area (Å²) >= 11 is 0. The summed E-state index contributed by atoms with van der Waals surface area (Å²) in [6.45, 7) is 4.00. The molecule has 3 nitrogen and oxygen atoms in total. The first-order valence-corrected chi connectivity index (χ1v) is 5.09. The lowest BCUT2D eigenvalue weighted by Crippen LogP contribution is -2.33. The summed E-state index contributed by atoms with van der Waals surface area (Å²) in [5.41, 5.74) is 1.35. The highest BCUT2D eigenvalue weighted by atomic mass is 16.2. The monoisotopic (exact) mass is 205 g/mol. The predicted octanol–water partition coefficient (Wildman–Crippen LogP) is 2.26. The minimum atomic E-state index is -0.135. The number of Topliss-reactive ketones (excluding diaryl/α,β-unsaturated/α-hetero) is 1.